The molecule has 0 bridgehead atoms. The molecule has 0 aliphatic heterocycles. The van der Waals surface area contributed by atoms with Gasteiger partial charge in [0.1, 0.15) is 0 Å². The van der Waals surface area contributed by atoms with Crippen molar-refractivity contribution in [3.8, 4) is 0 Å². The van der Waals surface area contributed by atoms with Gasteiger partial charge in [-0.1, -0.05) is 6.07 Å². The first-order valence-corrected chi connectivity index (χ1v) is 5.26. The second-order valence-corrected chi connectivity index (χ2v) is 3.58. The molecule has 0 fully saturated rings. The Bertz CT molecular complexity index is 367. The molecule has 1 aromatic carbocycles. The SMILES string of the molecule is COCC(CNc1cccc(C(=O)O)c1)OC. The van der Waals surface area contributed by atoms with Crippen LogP contribution in [0.5, 0.6) is 0 Å². The van der Waals surface area contributed by atoms with Crippen LogP contribution in [0.2, 0.25) is 0 Å². The number of methoxy groups -OCH3 is 2. The number of carboxylic acids is 1. The van der Waals surface area contributed by atoms with E-state index in [1.807, 2.05) is 6.07 Å². The fourth-order valence-electron chi connectivity index (χ4n) is 1.39. The summed E-state index contributed by atoms with van der Waals surface area (Å²) in [5.74, 6) is -0.936. The Kier molecular flexibility index (Phi) is 5.45. The maximum atomic E-state index is 10.8. The number of carboxylic acid groups (broad SMARTS) is 1. The van der Waals surface area contributed by atoms with Crippen LogP contribution in [-0.2, 0) is 9.47 Å². The van der Waals surface area contributed by atoms with Crippen LogP contribution in [0, 0.1) is 0 Å². The zero-order chi connectivity index (χ0) is 12.7. The van der Waals surface area contributed by atoms with Gasteiger partial charge in [0.25, 0.3) is 0 Å². The molecular formula is C12H17NO4. The standard InChI is InChI=1S/C12H17NO4/c1-16-8-11(17-2)7-13-10-5-3-4-9(6-10)12(14)15/h3-6,11,13H,7-8H2,1-2H3,(H,14,15). The van der Waals surface area contributed by atoms with Crippen LogP contribution < -0.4 is 5.32 Å². The minimum atomic E-state index is -0.936. The first-order valence-electron chi connectivity index (χ1n) is 5.26. The van der Waals surface area contributed by atoms with Crippen molar-refractivity contribution < 1.29 is 19.4 Å². The first-order chi connectivity index (χ1) is 8.17. The van der Waals surface area contributed by atoms with Gasteiger partial charge < -0.3 is 19.9 Å². The molecule has 5 nitrogen and oxygen atoms in total. The van der Waals surface area contributed by atoms with Gasteiger partial charge in [-0.3, -0.25) is 0 Å². The second kappa shape index (κ2) is 6.88. The minimum Gasteiger partial charge on any atom is -0.478 e. The summed E-state index contributed by atoms with van der Waals surface area (Å²) in [4.78, 5) is 10.8. The van der Waals surface area contributed by atoms with E-state index in [1.54, 1.807) is 32.4 Å². The maximum Gasteiger partial charge on any atom is 0.335 e. The molecule has 1 atom stereocenters. The highest BCUT2D eigenvalue weighted by atomic mass is 16.5. The van der Waals surface area contributed by atoms with E-state index in [9.17, 15) is 4.79 Å². The van der Waals surface area contributed by atoms with Gasteiger partial charge in [-0.25, -0.2) is 4.79 Å². The molecule has 0 spiro atoms. The fraction of sp³-hybridized carbons (Fsp3) is 0.417. The summed E-state index contributed by atoms with van der Waals surface area (Å²) >= 11 is 0. The Morgan fingerprint density at radius 1 is 1.47 bits per heavy atom. The van der Waals surface area contributed by atoms with Crippen molar-refractivity contribution in [2.24, 2.45) is 0 Å². The molecule has 0 saturated heterocycles. The van der Waals surface area contributed by atoms with E-state index in [0.717, 1.165) is 5.69 Å². The average Bonchev–Trinajstić information content (AvgIpc) is 2.34. The number of aromatic carboxylic acids is 1. The Morgan fingerprint density at radius 2 is 2.24 bits per heavy atom. The van der Waals surface area contributed by atoms with Crippen molar-refractivity contribution in [1.82, 2.24) is 0 Å². The highest BCUT2D eigenvalue weighted by Gasteiger charge is 2.07. The fourth-order valence-corrected chi connectivity index (χ4v) is 1.39. The molecule has 2 N–H and O–H groups in total. The summed E-state index contributed by atoms with van der Waals surface area (Å²) in [5.41, 5.74) is 1.01. The average molecular weight is 239 g/mol. The topological polar surface area (TPSA) is 67.8 Å². The number of carbonyl (C=O) groups is 1. The normalized spacial score (nSPS) is 12.1. The molecule has 0 aromatic heterocycles. The van der Waals surface area contributed by atoms with Crippen LogP contribution >= 0.6 is 0 Å². The van der Waals surface area contributed by atoms with Crippen LogP contribution in [-0.4, -0.2) is 44.6 Å². The lowest BCUT2D eigenvalue weighted by Crippen LogP contribution is -2.26. The predicted molar refractivity (Wildman–Crippen MR) is 64.6 cm³/mol. The van der Waals surface area contributed by atoms with Gasteiger partial charge >= 0.3 is 5.97 Å². The number of hydrogen-bond donors (Lipinski definition) is 2. The maximum absolute atomic E-state index is 10.8. The van der Waals surface area contributed by atoms with Crippen molar-refractivity contribution in [3.05, 3.63) is 29.8 Å². The quantitative estimate of drug-likeness (QED) is 0.754. The lowest BCUT2D eigenvalue weighted by molar-refractivity contribution is 0.0365. The zero-order valence-electron chi connectivity index (χ0n) is 9.97. The van der Waals surface area contributed by atoms with Gasteiger partial charge in [0.05, 0.1) is 18.3 Å². The molecule has 17 heavy (non-hydrogen) atoms. The van der Waals surface area contributed by atoms with Gasteiger partial charge in [-0.15, -0.1) is 0 Å². The van der Waals surface area contributed by atoms with Gasteiger partial charge in [0.15, 0.2) is 0 Å². The number of benzene rings is 1. The molecule has 0 saturated carbocycles. The summed E-state index contributed by atoms with van der Waals surface area (Å²) in [6, 6.07) is 6.65. The largest absolute Gasteiger partial charge is 0.478 e. The Hall–Kier alpha value is -1.59. The van der Waals surface area contributed by atoms with E-state index in [2.05, 4.69) is 5.32 Å². The molecule has 0 heterocycles. The van der Waals surface area contributed by atoms with Crippen LogP contribution in [0.3, 0.4) is 0 Å². The Morgan fingerprint density at radius 3 is 2.82 bits per heavy atom. The monoisotopic (exact) mass is 239 g/mol. The highest BCUT2D eigenvalue weighted by molar-refractivity contribution is 5.88. The summed E-state index contributed by atoms with van der Waals surface area (Å²) in [5, 5.41) is 12.0. The molecule has 1 aromatic rings. The van der Waals surface area contributed by atoms with E-state index < -0.39 is 5.97 Å². The van der Waals surface area contributed by atoms with Crippen molar-refractivity contribution in [1.29, 1.82) is 0 Å². The Labute approximate surface area is 100 Å². The lowest BCUT2D eigenvalue weighted by Gasteiger charge is -2.15. The molecule has 0 aliphatic rings. The Balaban J connectivity index is 2.56. The molecular weight excluding hydrogens is 222 g/mol. The molecule has 0 aliphatic carbocycles. The second-order valence-electron chi connectivity index (χ2n) is 3.58. The molecule has 1 rings (SSSR count). The third-order valence-corrected chi connectivity index (χ3v) is 2.33. The van der Waals surface area contributed by atoms with E-state index >= 15 is 0 Å². The summed E-state index contributed by atoms with van der Waals surface area (Å²) in [6.45, 7) is 1.05. The molecule has 0 amide bonds. The van der Waals surface area contributed by atoms with E-state index in [1.165, 1.54) is 0 Å². The zero-order valence-corrected chi connectivity index (χ0v) is 9.97. The number of nitrogens with one attached hydrogen (secondary N) is 1. The van der Waals surface area contributed by atoms with Crippen LogP contribution in [0.4, 0.5) is 5.69 Å². The number of ether oxygens (including phenoxy) is 2. The lowest BCUT2D eigenvalue weighted by atomic mass is 10.2. The van der Waals surface area contributed by atoms with E-state index in [0.29, 0.717) is 13.2 Å². The van der Waals surface area contributed by atoms with Gasteiger partial charge in [-0.05, 0) is 18.2 Å². The third kappa shape index (κ3) is 4.42. The van der Waals surface area contributed by atoms with Gasteiger partial charge in [0, 0.05) is 26.5 Å². The van der Waals surface area contributed by atoms with E-state index in [-0.39, 0.29) is 11.7 Å². The van der Waals surface area contributed by atoms with Crippen molar-refractivity contribution in [3.63, 3.8) is 0 Å². The molecule has 1 unspecified atom stereocenters. The number of anilines is 1. The van der Waals surface area contributed by atoms with Crippen LogP contribution in [0.15, 0.2) is 24.3 Å². The van der Waals surface area contributed by atoms with Crippen molar-refractivity contribution in [2.75, 3.05) is 32.7 Å². The summed E-state index contributed by atoms with van der Waals surface area (Å²) in [6.07, 6.45) is -0.0616. The van der Waals surface area contributed by atoms with Gasteiger partial charge in [-0.2, -0.15) is 0 Å². The van der Waals surface area contributed by atoms with Crippen LogP contribution in [0.25, 0.3) is 0 Å². The molecule has 0 radical (unpaired) electrons. The van der Waals surface area contributed by atoms with Crippen LogP contribution in [0.1, 0.15) is 10.4 Å². The van der Waals surface area contributed by atoms with Crippen molar-refractivity contribution >= 4 is 11.7 Å². The smallest absolute Gasteiger partial charge is 0.335 e. The van der Waals surface area contributed by atoms with Crippen molar-refractivity contribution in [2.45, 2.75) is 6.10 Å². The number of hydrogen-bond acceptors (Lipinski definition) is 4. The number of rotatable bonds is 7. The van der Waals surface area contributed by atoms with Gasteiger partial charge in [0.2, 0.25) is 0 Å². The third-order valence-electron chi connectivity index (χ3n) is 2.33. The van der Waals surface area contributed by atoms with E-state index in [4.69, 9.17) is 14.6 Å². The minimum absolute atomic E-state index is 0.0616. The predicted octanol–water partition coefficient (Wildman–Crippen LogP) is 1.46. The molecule has 5 heteroatoms. The summed E-state index contributed by atoms with van der Waals surface area (Å²) < 4.78 is 10.2. The molecule has 94 valence electrons. The summed E-state index contributed by atoms with van der Waals surface area (Å²) in [7, 11) is 3.22. The highest BCUT2D eigenvalue weighted by Crippen LogP contribution is 2.10. The first kappa shape index (κ1) is 13.5.